The van der Waals surface area contributed by atoms with E-state index in [1.807, 2.05) is 18.2 Å². The molecule has 1 heterocycles. The lowest BCUT2D eigenvalue weighted by Gasteiger charge is -2.25. The van der Waals surface area contributed by atoms with Gasteiger partial charge in [-0.05, 0) is 25.0 Å². The van der Waals surface area contributed by atoms with Crippen molar-refractivity contribution in [3.63, 3.8) is 0 Å². The molecule has 3 heteroatoms. The highest BCUT2D eigenvalue weighted by Crippen LogP contribution is 2.29. The van der Waals surface area contributed by atoms with Crippen LogP contribution < -0.4 is 5.73 Å². The van der Waals surface area contributed by atoms with Gasteiger partial charge in [0, 0.05) is 30.2 Å². The van der Waals surface area contributed by atoms with E-state index >= 15 is 0 Å². The minimum Gasteiger partial charge on any atom is -0.326 e. The molecule has 1 aromatic carbocycles. The first-order valence-corrected chi connectivity index (χ1v) is 5.80. The number of hydrogen-bond acceptors (Lipinski definition) is 2. The van der Waals surface area contributed by atoms with Crippen LogP contribution in [0.15, 0.2) is 24.3 Å². The number of rotatable bonds is 2. The third-order valence-electron chi connectivity index (χ3n) is 3.16. The van der Waals surface area contributed by atoms with Gasteiger partial charge < -0.3 is 5.73 Å². The molecule has 1 fully saturated rings. The van der Waals surface area contributed by atoms with Gasteiger partial charge >= 0.3 is 0 Å². The van der Waals surface area contributed by atoms with Gasteiger partial charge in [-0.1, -0.05) is 29.8 Å². The number of halogens is 1. The molecule has 0 amide bonds. The standard InChI is InChI=1S/C12H17ClN2/c1-9(15-7-6-10(14)8-15)11-4-2-3-5-12(11)13/h2-5,9-10H,6-8,14H2,1H3. The third-order valence-corrected chi connectivity index (χ3v) is 3.50. The SMILES string of the molecule is CC(c1ccccc1Cl)N1CCC(N)C1. The molecule has 2 unspecified atom stereocenters. The Bertz CT molecular complexity index is 340. The van der Waals surface area contributed by atoms with Gasteiger partial charge in [-0.3, -0.25) is 4.90 Å². The number of hydrogen-bond donors (Lipinski definition) is 1. The second kappa shape index (κ2) is 4.52. The molecule has 1 aliphatic rings. The number of nitrogens with two attached hydrogens (primary N) is 1. The third kappa shape index (κ3) is 2.33. The summed E-state index contributed by atoms with van der Waals surface area (Å²) in [7, 11) is 0. The molecule has 0 aliphatic carbocycles. The minimum atomic E-state index is 0.329. The van der Waals surface area contributed by atoms with Crippen molar-refractivity contribution in [2.45, 2.75) is 25.4 Å². The van der Waals surface area contributed by atoms with Gasteiger partial charge in [-0.2, -0.15) is 0 Å². The normalized spacial score (nSPS) is 24.3. The summed E-state index contributed by atoms with van der Waals surface area (Å²) >= 11 is 6.18. The summed E-state index contributed by atoms with van der Waals surface area (Å²) in [5.41, 5.74) is 7.11. The molecule has 1 aliphatic heterocycles. The lowest BCUT2D eigenvalue weighted by atomic mass is 10.1. The van der Waals surface area contributed by atoms with Crippen LogP contribution in [0.3, 0.4) is 0 Å². The smallest absolute Gasteiger partial charge is 0.0453 e. The fourth-order valence-corrected chi connectivity index (χ4v) is 2.47. The molecule has 82 valence electrons. The molecule has 1 saturated heterocycles. The van der Waals surface area contributed by atoms with Crippen LogP contribution in [0.1, 0.15) is 24.9 Å². The van der Waals surface area contributed by atoms with Gasteiger partial charge in [0.1, 0.15) is 0 Å². The molecular formula is C12H17ClN2. The fourth-order valence-electron chi connectivity index (χ4n) is 2.18. The van der Waals surface area contributed by atoms with Crippen molar-refractivity contribution in [1.29, 1.82) is 0 Å². The first-order valence-electron chi connectivity index (χ1n) is 5.42. The maximum Gasteiger partial charge on any atom is 0.0453 e. The average Bonchev–Trinajstić information content (AvgIpc) is 2.65. The molecule has 0 radical (unpaired) electrons. The molecule has 2 atom stereocenters. The summed E-state index contributed by atoms with van der Waals surface area (Å²) in [5, 5.41) is 0.852. The number of likely N-dealkylation sites (tertiary alicyclic amines) is 1. The van der Waals surface area contributed by atoms with Crippen LogP contribution in [0.2, 0.25) is 5.02 Å². The highest BCUT2D eigenvalue weighted by molar-refractivity contribution is 6.31. The summed E-state index contributed by atoms with van der Waals surface area (Å²) < 4.78 is 0. The molecule has 0 spiro atoms. The molecule has 2 rings (SSSR count). The maximum atomic E-state index is 6.18. The van der Waals surface area contributed by atoms with Crippen LogP contribution >= 0.6 is 11.6 Å². The molecule has 0 saturated carbocycles. The summed E-state index contributed by atoms with van der Waals surface area (Å²) in [5.74, 6) is 0. The van der Waals surface area contributed by atoms with E-state index in [0.717, 1.165) is 24.5 Å². The van der Waals surface area contributed by atoms with E-state index in [1.54, 1.807) is 0 Å². The van der Waals surface area contributed by atoms with Crippen LogP contribution in [0.5, 0.6) is 0 Å². The lowest BCUT2D eigenvalue weighted by Crippen LogP contribution is -2.28. The van der Waals surface area contributed by atoms with Crippen molar-refractivity contribution in [1.82, 2.24) is 4.90 Å². The van der Waals surface area contributed by atoms with E-state index in [4.69, 9.17) is 17.3 Å². The Labute approximate surface area is 96.0 Å². The van der Waals surface area contributed by atoms with Crippen molar-refractivity contribution in [2.24, 2.45) is 5.73 Å². The highest BCUT2D eigenvalue weighted by Gasteiger charge is 2.25. The summed E-state index contributed by atoms with van der Waals surface area (Å²) in [6.45, 7) is 4.25. The van der Waals surface area contributed by atoms with Crippen molar-refractivity contribution in [2.75, 3.05) is 13.1 Å². The molecule has 0 bridgehead atoms. The summed E-state index contributed by atoms with van der Waals surface area (Å²) in [4.78, 5) is 2.39. The van der Waals surface area contributed by atoms with Crippen molar-refractivity contribution >= 4 is 11.6 Å². The Balaban J connectivity index is 2.14. The van der Waals surface area contributed by atoms with E-state index in [2.05, 4.69) is 17.9 Å². The van der Waals surface area contributed by atoms with Crippen molar-refractivity contribution in [3.05, 3.63) is 34.9 Å². The first kappa shape index (κ1) is 10.9. The van der Waals surface area contributed by atoms with Gasteiger partial charge in [0.15, 0.2) is 0 Å². The van der Waals surface area contributed by atoms with E-state index in [-0.39, 0.29) is 0 Å². The summed E-state index contributed by atoms with van der Waals surface area (Å²) in [6.07, 6.45) is 1.09. The number of benzene rings is 1. The Morgan fingerprint density at radius 3 is 2.80 bits per heavy atom. The van der Waals surface area contributed by atoms with E-state index in [0.29, 0.717) is 12.1 Å². The summed E-state index contributed by atoms with van der Waals surface area (Å²) in [6, 6.07) is 8.74. The predicted octanol–water partition coefficient (Wildman–Crippen LogP) is 2.43. The van der Waals surface area contributed by atoms with Crippen LogP contribution in [0, 0.1) is 0 Å². The second-order valence-corrected chi connectivity index (χ2v) is 4.65. The Morgan fingerprint density at radius 2 is 2.20 bits per heavy atom. The van der Waals surface area contributed by atoms with Gasteiger partial charge in [0.25, 0.3) is 0 Å². The van der Waals surface area contributed by atoms with Gasteiger partial charge in [-0.25, -0.2) is 0 Å². The van der Waals surface area contributed by atoms with E-state index in [1.165, 1.54) is 5.56 Å². The monoisotopic (exact) mass is 224 g/mol. The highest BCUT2D eigenvalue weighted by atomic mass is 35.5. The topological polar surface area (TPSA) is 29.3 Å². The zero-order valence-corrected chi connectivity index (χ0v) is 9.74. The molecule has 2 N–H and O–H groups in total. The van der Waals surface area contributed by atoms with E-state index in [9.17, 15) is 0 Å². The van der Waals surface area contributed by atoms with Crippen molar-refractivity contribution < 1.29 is 0 Å². The zero-order chi connectivity index (χ0) is 10.8. The van der Waals surface area contributed by atoms with Gasteiger partial charge in [-0.15, -0.1) is 0 Å². The second-order valence-electron chi connectivity index (χ2n) is 4.24. The predicted molar refractivity (Wildman–Crippen MR) is 64.0 cm³/mol. The van der Waals surface area contributed by atoms with E-state index < -0.39 is 0 Å². The molecular weight excluding hydrogens is 208 g/mol. The first-order chi connectivity index (χ1) is 7.18. The fraction of sp³-hybridized carbons (Fsp3) is 0.500. The Hall–Kier alpha value is -0.570. The van der Waals surface area contributed by atoms with Gasteiger partial charge in [0.05, 0.1) is 0 Å². The molecule has 15 heavy (non-hydrogen) atoms. The molecule has 2 nitrogen and oxygen atoms in total. The average molecular weight is 225 g/mol. The van der Waals surface area contributed by atoms with Crippen LogP contribution in [0.25, 0.3) is 0 Å². The molecule has 1 aromatic rings. The molecule has 0 aromatic heterocycles. The van der Waals surface area contributed by atoms with Gasteiger partial charge in [0.2, 0.25) is 0 Å². The zero-order valence-electron chi connectivity index (χ0n) is 8.99. The van der Waals surface area contributed by atoms with Crippen LogP contribution in [-0.4, -0.2) is 24.0 Å². The largest absolute Gasteiger partial charge is 0.326 e. The van der Waals surface area contributed by atoms with Crippen LogP contribution in [-0.2, 0) is 0 Å². The quantitative estimate of drug-likeness (QED) is 0.836. The minimum absolute atomic E-state index is 0.329. The Morgan fingerprint density at radius 1 is 1.47 bits per heavy atom. The number of nitrogens with zero attached hydrogens (tertiary/aromatic N) is 1. The van der Waals surface area contributed by atoms with Crippen LogP contribution in [0.4, 0.5) is 0 Å². The maximum absolute atomic E-state index is 6.18. The Kier molecular flexibility index (Phi) is 3.29. The lowest BCUT2D eigenvalue weighted by molar-refractivity contribution is 0.260. The van der Waals surface area contributed by atoms with Crippen molar-refractivity contribution in [3.8, 4) is 0 Å².